The van der Waals surface area contributed by atoms with Crippen LogP contribution < -0.4 is 4.74 Å². The Bertz CT molecular complexity index is 1370. The number of phenols is 1. The van der Waals surface area contributed by atoms with Crippen molar-refractivity contribution >= 4 is 5.57 Å². The van der Waals surface area contributed by atoms with Crippen molar-refractivity contribution in [1.82, 2.24) is 0 Å². The summed E-state index contributed by atoms with van der Waals surface area (Å²) in [5.41, 5.74) is 0.377. The van der Waals surface area contributed by atoms with Gasteiger partial charge in [0.25, 0.3) is 0 Å². The molecule has 3 aromatic carbocycles. The number of phenolic OH excluding ortho intramolecular Hbond substituents is 1. The first kappa shape index (κ1) is 27.6. The van der Waals surface area contributed by atoms with Crippen LogP contribution in [0.5, 0.6) is 11.5 Å². The number of rotatable bonds is 8. The molecule has 202 valence electrons. The molecule has 0 heterocycles. The van der Waals surface area contributed by atoms with E-state index >= 15 is 0 Å². The van der Waals surface area contributed by atoms with Gasteiger partial charge in [0, 0.05) is 16.7 Å². The van der Waals surface area contributed by atoms with Gasteiger partial charge < -0.3 is 14.9 Å². The molecular formula is C29H26F6O3. The number of aromatic hydroxyl groups is 1. The lowest BCUT2D eigenvalue weighted by atomic mass is 9.81. The van der Waals surface area contributed by atoms with Gasteiger partial charge in [-0.15, -0.1) is 0 Å². The summed E-state index contributed by atoms with van der Waals surface area (Å²) in [6, 6.07) is 7.32. The maximum absolute atomic E-state index is 14.9. The van der Waals surface area contributed by atoms with Crippen LogP contribution in [0.2, 0.25) is 0 Å². The third-order valence-corrected chi connectivity index (χ3v) is 6.83. The van der Waals surface area contributed by atoms with Crippen LogP contribution in [0.1, 0.15) is 73.3 Å². The van der Waals surface area contributed by atoms with Crippen molar-refractivity contribution in [3.05, 3.63) is 99.6 Å². The van der Waals surface area contributed by atoms with Gasteiger partial charge >= 0.3 is 0 Å². The van der Waals surface area contributed by atoms with E-state index in [2.05, 4.69) is 0 Å². The molecule has 0 aliphatic heterocycles. The summed E-state index contributed by atoms with van der Waals surface area (Å²) >= 11 is 0. The number of ether oxygens (including phenoxy) is 1. The summed E-state index contributed by atoms with van der Waals surface area (Å²) in [6.45, 7) is 1.24. The van der Waals surface area contributed by atoms with Gasteiger partial charge in [-0.2, -0.15) is 8.78 Å². The van der Waals surface area contributed by atoms with Crippen LogP contribution in [0.25, 0.3) is 5.57 Å². The molecule has 0 aromatic heterocycles. The Morgan fingerprint density at radius 2 is 1.63 bits per heavy atom. The topological polar surface area (TPSA) is 49.7 Å². The Labute approximate surface area is 216 Å². The summed E-state index contributed by atoms with van der Waals surface area (Å²) in [5.74, 6) is -9.24. The van der Waals surface area contributed by atoms with E-state index in [-0.39, 0.29) is 41.0 Å². The van der Waals surface area contributed by atoms with Crippen molar-refractivity contribution < 1.29 is 41.3 Å². The number of aliphatic hydroxyl groups excluding tert-OH is 1. The molecule has 3 aromatic rings. The van der Waals surface area contributed by atoms with Gasteiger partial charge in [0.05, 0.1) is 6.10 Å². The molecule has 1 aliphatic rings. The van der Waals surface area contributed by atoms with Gasteiger partial charge in [-0.1, -0.05) is 43.7 Å². The molecule has 2 atom stereocenters. The predicted octanol–water partition coefficient (Wildman–Crippen LogP) is 7.99. The molecule has 2 unspecified atom stereocenters. The Hall–Kier alpha value is -3.46. The van der Waals surface area contributed by atoms with Gasteiger partial charge in [-0.3, -0.25) is 0 Å². The van der Waals surface area contributed by atoms with Gasteiger partial charge in [0.2, 0.25) is 11.6 Å². The zero-order valence-electron chi connectivity index (χ0n) is 20.5. The normalized spacial score (nSPS) is 16.3. The molecule has 9 heteroatoms. The number of halogens is 6. The number of allylic oxidation sites excluding steroid dienone is 2. The average Bonchev–Trinajstić information content (AvgIpc) is 2.91. The van der Waals surface area contributed by atoms with E-state index in [0.29, 0.717) is 24.8 Å². The minimum Gasteiger partial charge on any atom is -0.505 e. The van der Waals surface area contributed by atoms with E-state index in [1.165, 1.54) is 24.3 Å². The second-order valence-electron chi connectivity index (χ2n) is 9.28. The van der Waals surface area contributed by atoms with Crippen LogP contribution in [-0.4, -0.2) is 10.2 Å². The van der Waals surface area contributed by atoms with Crippen molar-refractivity contribution in [3.8, 4) is 11.5 Å². The van der Waals surface area contributed by atoms with Crippen LogP contribution in [0, 0.1) is 34.9 Å². The number of benzene rings is 3. The summed E-state index contributed by atoms with van der Waals surface area (Å²) in [6.07, 6.45) is 2.43. The average molecular weight is 537 g/mol. The first-order chi connectivity index (χ1) is 18.1. The van der Waals surface area contributed by atoms with Crippen LogP contribution in [-0.2, 0) is 6.61 Å². The van der Waals surface area contributed by atoms with E-state index in [4.69, 9.17) is 4.74 Å². The summed E-state index contributed by atoms with van der Waals surface area (Å²) in [5, 5.41) is 19.2. The Morgan fingerprint density at radius 1 is 0.868 bits per heavy atom. The first-order valence-corrected chi connectivity index (χ1v) is 12.3. The van der Waals surface area contributed by atoms with Crippen LogP contribution >= 0.6 is 0 Å². The highest BCUT2D eigenvalue weighted by Crippen LogP contribution is 2.39. The highest BCUT2D eigenvalue weighted by Gasteiger charge is 2.26. The smallest absolute Gasteiger partial charge is 0.204 e. The maximum atomic E-state index is 14.9. The second kappa shape index (κ2) is 11.5. The lowest BCUT2D eigenvalue weighted by Crippen LogP contribution is -2.11. The number of aliphatic hydroxyl groups is 1. The molecule has 0 fully saturated rings. The van der Waals surface area contributed by atoms with Crippen LogP contribution in [0.3, 0.4) is 0 Å². The lowest BCUT2D eigenvalue weighted by molar-refractivity contribution is 0.160. The molecule has 38 heavy (non-hydrogen) atoms. The third-order valence-electron chi connectivity index (χ3n) is 6.83. The minimum atomic E-state index is -1.51. The van der Waals surface area contributed by atoms with Crippen LogP contribution in [0.15, 0.2) is 42.5 Å². The molecule has 0 amide bonds. The van der Waals surface area contributed by atoms with Crippen molar-refractivity contribution in [2.45, 2.75) is 57.7 Å². The molecule has 0 saturated carbocycles. The fraction of sp³-hybridized carbons (Fsp3) is 0.310. The van der Waals surface area contributed by atoms with Crippen molar-refractivity contribution in [2.75, 3.05) is 0 Å². The highest BCUT2D eigenvalue weighted by molar-refractivity contribution is 5.67. The van der Waals surface area contributed by atoms with E-state index in [9.17, 15) is 36.6 Å². The van der Waals surface area contributed by atoms with Gasteiger partial charge in [-0.05, 0) is 54.9 Å². The Kier molecular flexibility index (Phi) is 8.35. The number of hydrogen-bond donors (Lipinski definition) is 2. The quantitative estimate of drug-likeness (QED) is 0.287. The Balaban J connectivity index is 1.48. The van der Waals surface area contributed by atoms with Gasteiger partial charge in [0.15, 0.2) is 34.8 Å². The van der Waals surface area contributed by atoms with E-state index in [1.807, 2.05) is 6.92 Å². The molecule has 2 N–H and O–H groups in total. The lowest BCUT2D eigenvalue weighted by Gasteiger charge is -2.24. The summed E-state index contributed by atoms with van der Waals surface area (Å²) in [7, 11) is 0. The monoisotopic (exact) mass is 536 g/mol. The molecule has 4 rings (SSSR count). The summed E-state index contributed by atoms with van der Waals surface area (Å²) in [4.78, 5) is 0. The summed E-state index contributed by atoms with van der Waals surface area (Å²) < 4.78 is 91.5. The van der Waals surface area contributed by atoms with Gasteiger partial charge in [-0.25, -0.2) is 17.6 Å². The zero-order valence-corrected chi connectivity index (χ0v) is 20.5. The minimum absolute atomic E-state index is 0.0104. The largest absolute Gasteiger partial charge is 0.505 e. The van der Waals surface area contributed by atoms with Crippen molar-refractivity contribution in [3.63, 3.8) is 0 Å². The van der Waals surface area contributed by atoms with E-state index < -0.39 is 59.1 Å². The van der Waals surface area contributed by atoms with Crippen molar-refractivity contribution in [2.24, 2.45) is 0 Å². The van der Waals surface area contributed by atoms with Crippen LogP contribution in [0.4, 0.5) is 26.3 Å². The fourth-order valence-corrected chi connectivity index (χ4v) is 4.68. The molecule has 0 bridgehead atoms. The highest BCUT2D eigenvalue weighted by atomic mass is 19.2. The molecule has 0 radical (unpaired) electrons. The maximum Gasteiger partial charge on any atom is 0.204 e. The SMILES string of the molecule is CCCC(O)c1ccc(C2CC=C(c3ccc(COc4ccc(O)c(F)c4F)c(F)c3F)CC2)c(F)c1F. The Morgan fingerprint density at radius 3 is 2.32 bits per heavy atom. The first-order valence-electron chi connectivity index (χ1n) is 12.3. The third kappa shape index (κ3) is 5.38. The van der Waals surface area contributed by atoms with Gasteiger partial charge in [0.1, 0.15) is 6.61 Å². The zero-order chi connectivity index (χ0) is 27.6. The van der Waals surface area contributed by atoms with Crippen molar-refractivity contribution in [1.29, 1.82) is 0 Å². The van der Waals surface area contributed by atoms with E-state index in [1.54, 1.807) is 6.08 Å². The number of hydrogen-bond acceptors (Lipinski definition) is 3. The molecule has 0 spiro atoms. The fourth-order valence-electron chi connectivity index (χ4n) is 4.68. The van der Waals surface area contributed by atoms with E-state index in [0.717, 1.165) is 12.1 Å². The molecule has 1 aliphatic carbocycles. The second-order valence-corrected chi connectivity index (χ2v) is 9.28. The molecule has 0 saturated heterocycles. The standard InChI is InChI=1S/C29H26F6O3/c1-2-3-21(36)20-11-10-19(26(32)27(20)33)16-6-4-15(5-7-16)18-9-8-17(24(30)25(18)31)14-38-23-13-12-22(37)28(34)29(23)35/h4,8-13,16,21,36-37H,2-3,5-7,14H2,1H3. The molecule has 3 nitrogen and oxygen atoms in total. The molecular weight excluding hydrogens is 510 g/mol. The predicted molar refractivity (Wildman–Crippen MR) is 130 cm³/mol.